The Bertz CT molecular complexity index is 1100. The Hall–Kier alpha value is -2.65. The van der Waals surface area contributed by atoms with Crippen LogP contribution in [0.1, 0.15) is 45.6 Å². The smallest absolute Gasteiger partial charge is 0.205 e. The van der Waals surface area contributed by atoms with E-state index in [0.717, 1.165) is 55.7 Å². The summed E-state index contributed by atoms with van der Waals surface area (Å²) in [6.45, 7) is 7.50. The van der Waals surface area contributed by atoms with Crippen LogP contribution in [0.4, 0.5) is 0 Å². The molecular formula is C26H28N2O. The van der Waals surface area contributed by atoms with Gasteiger partial charge in [0.05, 0.1) is 5.69 Å². The third-order valence-corrected chi connectivity index (χ3v) is 6.72. The molecule has 3 heteroatoms. The molecule has 0 amide bonds. The average molecular weight is 385 g/mol. The number of carbonyl (C=O) groups excluding carboxylic acids is 1. The fourth-order valence-corrected chi connectivity index (χ4v) is 4.86. The van der Waals surface area contributed by atoms with E-state index in [1.807, 2.05) is 0 Å². The minimum absolute atomic E-state index is 0.207. The zero-order valence-electron chi connectivity index (χ0n) is 17.3. The molecule has 3 nitrogen and oxygen atoms in total. The number of H-pyrrole nitrogens is 1. The van der Waals surface area contributed by atoms with E-state index >= 15 is 0 Å². The van der Waals surface area contributed by atoms with E-state index in [1.165, 1.54) is 27.6 Å². The minimum Gasteiger partial charge on any atom is -0.352 e. The number of aromatic amines is 1. The third kappa shape index (κ3) is 3.44. The van der Waals surface area contributed by atoms with Gasteiger partial charge in [0.2, 0.25) is 5.78 Å². The Morgan fingerprint density at radius 1 is 1.07 bits per heavy atom. The average Bonchev–Trinajstić information content (AvgIpc) is 3.21. The van der Waals surface area contributed by atoms with Crippen LogP contribution in [-0.2, 0) is 13.0 Å². The van der Waals surface area contributed by atoms with Crippen molar-refractivity contribution in [3.8, 4) is 0 Å². The molecule has 0 unspecified atom stereocenters. The van der Waals surface area contributed by atoms with Crippen molar-refractivity contribution in [1.82, 2.24) is 9.88 Å². The minimum atomic E-state index is 0.207. The first kappa shape index (κ1) is 18.4. The maximum absolute atomic E-state index is 13.0. The lowest BCUT2D eigenvalue weighted by atomic mass is 9.93. The molecule has 1 aliphatic carbocycles. The molecule has 1 aromatic heterocycles. The van der Waals surface area contributed by atoms with Crippen LogP contribution in [0.15, 0.2) is 54.1 Å². The monoisotopic (exact) mass is 384 g/mol. The van der Waals surface area contributed by atoms with E-state index in [9.17, 15) is 4.79 Å². The van der Waals surface area contributed by atoms with Gasteiger partial charge in [0.25, 0.3) is 0 Å². The van der Waals surface area contributed by atoms with Crippen LogP contribution < -0.4 is 0 Å². The lowest BCUT2D eigenvalue weighted by molar-refractivity contribution is 0.103. The van der Waals surface area contributed by atoms with Crippen molar-refractivity contribution in [2.24, 2.45) is 5.92 Å². The van der Waals surface area contributed by atoms with Gasteiger partial charge in [0.15, 0.2) is 0 Å². The Morgan fingerprint density at radius 2 is 1.79 bits per heavy atom. The summed E-state index contributed by atoms with van der Waals surface area (Å²) in [5.41, 5.74) is 8.04. The highest BCUT2D eigenvalue weighted by atomic mass is 16.1. The molecule has 1 saturated heterocycles. The fraction of sp³-hybridized carbons (Fsp3) is 0.346. The van der Waals surface area contributed by atoms with Crippen molar-refractivity contribution in [3.63, 3.8) is 0 Å². The normalized spacial score (nSPS) is 19.4. The lowest BCUT2D eigenvalue weighted by Crippen LogP contribution is -2.32. The number of aromatic nitrogens is 1. The van der Waals surface area contributed by atoms with E-state index in [-0.39, 0.29) is 5.78 Å². The zero-order chi connectivity index (χ0) is 20.0. The van der Waals surface area contributed by atoms with E-state index in [4.69, 9.17) is 0 Å². The molecule has 2 aromatic carbocycles. The molecule has 1 fully saturated rings. The van der Waals surface area contributed by atoms with Crippen LogP contribution in [0.5, 0.6) is 0 Å². The molecule has 0 atom stereocenters. The highest BCUT2D eigenvalue weighted by Crippen LogP contribution is 2.35. The largest absolute Gasteiger partial charge is 0.352 e. The zero-order valence-corrected chi connectivity index (χ0v) is 17.3. The summed E-state index contributed by atoms with van der Waals surface area (Å²) in [6, 6.07) is 15.1. The molecule has 0 saturated carbocycles. The number of likely N-dealkylation sites (tertiary alicyclic amines) is 1. The number of nitrogens with one attached hydrogen (secondary N) is 1. The van der Waals surface area contributed by atoms with Gasteiger partial charge in [0, 0.05) is 29.4 Å². The number of hydrogen-bond acceptors (Lipinski definition) is 2. The summed E-state index contributed by atoms with van der Waals surface area (Å²) < 4.78 is 0. The Balaban J connectivity index is 1.28. The van der Waals surface area contributed by atoms with E-state index in [1.54, 1.807) is 0 Å². The third-order valence-electron chi connectivity index (χ3n) is 6.72. The fourth-order valence-electron chi connectivity index (χ4n) is 4.86. The maximum atomic E-state index is 13.0. The topological polar surface area (TPSA) is 36.1 Å². The van der Waals surface area contributed by atoms with Gasteiger partial charge in [-0.1, -0.05) is 36.4 Å². The number of ketones is 1. The van der Waals surface area contributed by atoms with Crippen LogP contribution in [0.25, 0.3) is 10.9 Å². The molecule has 2 heterocycles. The molecule has 3 aromatic rings. The van der Waals surface area contributed by atoms with Crippen LogP contribution in [-0.4, -0.2) is 28.8 Å². The molecule has 1 aliphatic heterocycles. The predicted octanol–water partition coefficient (Wildman–Crippen LogP) is 5.36. The summed E-state index contributed by atoms with van der Waals surface area (Å²) in [5.74, 6) is 0.721. The molecule has 148 valence electrons. The molecular weight excluding hydrogens is 356 g/mol. The number of Topliss-reactive ketones (excluding diaryl/α,β-unsaturated/α-hetero) is 1. The summed E-state index contributed by atoms with van der Waals surface area (Å²) in [7, 11) is 0. The molecule has 2 aliphatic rings. The summed E-state index contributed by atoms with van der Waals surface area (Å²) in [5, 5.41) is 1.22. The maximum Gasteiger partial charge on any atom is 0.205 e. The predicted molar refractivity (Wildman–Crippen MR) is 118 cm³/mol. The number of nitrogens with zero attached hydrogens (tertiary/aromatic N) is 1. The molecule has 1 N–H and O–H groups in total. The number of aryl methyl sites for hydroxylation is 2. The van der Waals surface area contributed by atoms with Crippen LogP contribution >= 0.6 is 0 Å². The van der Waals surface area contributed by atoms with Crippen molar-refractivity contribution >= 4 is 16.7 Å². The molecule has 0 radical (unpaired) electrons. The Labute approximate surface area is 172 Å². The second-order valence-corrected chi connectivity index (χ2v) is 8.76. The number of rotatable bonds is 3. The molecule has 0 spiro atoms. The first-order chi connectivity index (χ1) is 14.1. The van der Waals surface area contributed by atoms with Gasteiger partial charge >= 0.3 is 0 Å². The van der Waals surface area contributed by atoms with Gasteiger partial charge < -0.3 is 4.98 Å². The number of carbonyl (C=O) groups is 1. The number of benzene rings is 2. The van der Waals surface area contributed by atoms with Gasteiger partial charge in [-0.2, -0.15) is 0 Å². The van der Waals surface area contributed by atoms with Crippen molar-refractivity contribution < 1.29 is 4.79 Å². The van der Waals surface area contributed by atoms with Crippen LogP contribution in [0.2, 0.25) is 0 Å². The van der Waals surface area contributed by atoms with E-state index in [2.05, 4.69) is 72.3 Å². The van der Waals surface area contributed by atoms with Gasteiger partial charge in [0.1, 0.15) is 0 Å². The quantitative estimate of drug-likeness (QED) is 0.617. The van der Waals surface area contributed by atoms with E-state index in [0.29, 0.717) is 5.92 Å². The number of piperidine rings is 1. The van der Waals surface area contributed by atoms with Crippen molar-refractivity contribution in [3.05, 3.63) is 82.1 Å². The lowest BCUT2D eigenvalue weighted by Gasteiger charge is -2.30. The summed E-state index contributed by atoms with van der Waals surface area (Å²) in [4.78, 5) is 18.9. The number of fused-ring (bicyclic) bond motifs is 3. The van der Waals surface area contributed by atoms with Crippen molar-refractivity contribution in [1.29, 1.82) is 0 Å². The summed E-state index contributed by atoms with van der Waals surface area (Å²) >= 11 is 0. The number of allylic oxidation sites excluding steroid dienone is 2. The molecule has 5 rings (SSSR count). The van der Waals surface area contributed by atoms with E-state index < -0.39 is 0 Å². The van der Waals surface area contributed by atoms with Crippen molar-refractivity contribution in [2.45, 2.75) is 39.7 Å². The first-order valence-electron chi connectivity index (χ1n) is 10.7. The molecule has 29 heavy (non-hydrogen) atoms. The summed E-state index contributed by atoms with van der Waals surface area (Å²) in [6.07, 6.45) is 5.33. The standard InChI is InChI=1S/C26H28N2O/c1-17-12-22-23-15-21(26(29)25(23)27-24(22)13-18(17)2)14-19-8-10-28(11-9-19)16-20-6-4-3-5-7-20/h3-7,12-14,19,27H,8-11,15-16H2,1-2H3. The van der Waals surface area contributed by atoms with Gasteiger partial charge in [-0.15, -0.1) is 0 Å². The highest BCUT2D eigenvalue weighted by molar-refractivity contribution is 6.15. The van der Waals surface area contributed by atoms with Crippen molar-refractivity contribution in [2.75, 3.05) is 13.1 Å². The molecule has 0 bridgehead atoms. The highest BCUT2D eigenvalue weighted by Gasteiger charge is 2.30. The van der Waals surface area contributed by atoms with Crippen LogP contribution in [0.3, 0.4) is 0 Å². The van der Waals surface area contributed by atoms with Crippen LogP contribution in [0, 0.1) is 19.8 Å². The second kappa shape index (κ2) is 7.31. The second-order valence-electron chi connectivity index (χ2n) is 8.76. The Kier molecular flexibility index (Phi) is 4.63. The SMILES string of the molecule is Cc1cc2[nH]c3c(c2cc1C)CC(=CC1CCN(Cc2ccccc2)CC1)C3=O. The first-order valence-corrected chi connectivity index (χ1v) is 10.7. The van der Waals surface area contributed by atoms with Gasteiger partial charge in [-0.05, 0) is 80.1 Å². The Morgan fingerprint density at radius 3 is 2.55 bits per heavy atom. The van der Waals surface area contributed by atoms with Gasteiger partial charge in [-0.3, -0.25) is 9.69 Å². The van der Waals surface area contributed by atoms with Gasteiger partial charge in [-0.25, -0.2) is 0 Å². The number of hydrogen-bond donors (Lipinski definition) is 1.